The molecule has 1 aromatic carbocycles. The van der Waals surface area contributed by atoms with Gasteiger partial charge in [-0.05, 0) is 43.5 Å². The van der Waals surface area contributed by atoms with E-state index in [0.29, 0.717) is 0 Å². The van der Waals surface area contributed by atoms with E-state index in [-0.39, 0.29) is 0 Å². The summed E-state index contributed by atoms with van der Waals surface area (Å²) >= 11 is 2.06. The molecule has 3 nitrogen and oxygen atoms in total. The lowest BCUT2D eigenvalue weighted by molar-refractivity contribution is 0.202. The number of hydrogen-bond acceptors (Lipinski definition) is 4. The lowest BCUT2D eigenvalue weighted by Gasteiger charge is -2.23. The van der Waals surface area contributed by atoms with Crippen molar-refractivity contribution in [2.45, 2.75) is 25.9 Å². The van der Waals surface area contributed by atoms with Gasteiger partial charge in [-0.1, -0.05) is 19.1 Å². The second-order valence-electron chi connectivity index (χ2n) is 5.27. The monoisotopic (exact) mass is 294 g/mol. The molecule has 1 heterocycles. The molecular weight excluding hydrogens is 268 g/mol. The summed E-state index contributed by atoms with van der Waals surface area (Å²) in [5, 5.41) is 3.32. The molecule has 0 spiro atoms. The summed E-state index contributed by atoms with van der Waals surface area (Å²) in [7, 11) is 2.21. The quantitative estimate of drug-likeness (QED) is 0.796. The van der Waals surface area contributed by atoms with Gasteiger partial charge < -0.3 is 10.1 Å². The molecule has 4 heteroatoms. The minimum Gasteiger partial charge on any atom is -0.492 e. The van der Waals surface area contributed by atoms with Gasteiger partial charge in [-0.3, -0.25) is 4.90 Å². The molecule has 0 aliphatic carbocycles. The predicted octanol–water partition coefficient (Wildman–Crippen LogP) is 2.61. The fraction of sp³-hybridized carbons (Fsp3) is 0.625. The van der Waals surface area contributed by atoms with Gasteiger partial charge in [0.05, 0.1) is 0 Å². The lowest BCUT2D eigenvalue weighted by atomic mass is 10.2. The Morgan fingerprint density at radius 2 is 2.15 bits per heavy atom. The molecule has 0 radical (unpaired) electrons. The normalized spacial score (nSPS) is 18.6. The number of nitrogens with one attached hydrogen (secondary N) is 1. The number of ether oxygens (including phenoxy) is 1. The van der Waals surface area contributed by atoms with E-state index < -0.39 is 0 Å². The number of benzene rings is 1. The number of rotatable bonds is 8. The molecule has 2 rings (SSSR count). The highest BCUT2D eigenvalue weighted by molar-refractivity contribution is 7.99. The van der Waals surface area contributed by atoms with Crippen molar-refractivity contribution in [3.8, 4) is 5.75 Å². The molecule has 0 saturated carbocycles. The van der Waals surface area contributed by atoms with Crippen LogP contribution in [0.5, 0.6) is 5.75 Å². The summed E-state index contributed by atoms with van der Waals surface area (Å²) < 4.78 is 5.83. The second-order valence-corrected chi connectivity index (χ2v) is 6.42. The Balaban J connectivity index is 1.68. The first-order valence-corrected chi connectivity index (χ1v) is 8.65. The first-order valence-electron chi connectivity index (χ1n) is 7.50. The van der Waals surface area contributed by atoms with Crippen LogP contribution in [0.25, 0.3) is 0 Å². The van der Waals surface area contributed by atoms with Crippen LogP contribution in [0.3, 0.4) is 0 Å². The Kier molecular flexibility index (Phi) is 6.70. The zero-order valence-electron chi connectivity index (χ0n) is 12.6. The molecule has 1 N–H and O–H groups in total. The van der Waals surface area contributed by atoms with E-state index >= 15 is 0 Å². The van der Waals surface area contributed by atoms with Crippen LogP contribution in [-0.4, -0.2) is 49.2 Å². The van der Waals surface area contributed by atoms with E-state index in [9.17, 15) is 0 Å². The molecule has 112 valence electrons. The first kappa shape index (κ1) is 15.7. The van der Waals surface area contributed by atoms with Gasteiger partial charge in [0, 0.05) is 24.9 Å². The summed E-state index contributed by atoms with van der Waals surface area (Å²) in [6, 6.07) is 9.15. The van der Waals surface area contributed by atoms with Gasteiger partial charge in [0.2, 0.25) is 0 Å². The molecule has 1 aliphatic heterocycles. The fourth-order valence-corrected chi connectivity index (χ4v) is 3.63. The Morgan fingerprint density at radius 3 is 2.80 bits per heavy atom. The zero-order chi connectivity index (χ0) is 14.2. The number of likely N-dealkylation sites (N-methyl/N-ethyl adjacent to an activating group) is 1. The van der Waals surface area contributed by atoms with Crippen LogP contribution in [0.4, 0.5) is 0 Å². The highest BCUT2D eigenvalue weighted by atomic mass is 32.2. The second kappa shape index (κ2) is 8.55. The van der Waals surface area contributed by atoms with Crippen molar-refractivity contribution in [1.29, 1.82) is 0 Å². The van der Waals surface area contributed by atoms with Crippen LogP contribution in [0.2, 0.25) is 0 Å². The van der Waals surface area contributed by atoms with Crippen LogP contribution in [0.15, 0.2) is 24.3 Å². The van der Waals surface area contributed by atoms with Crippen molar-refractivity contribution in [2.24, 2.45) is 0 Å². The van der Waals surface area contributed by atoms with Crippen LogP contribution in [-0.2, 0) is 6.54 Å². The van der Waals surface area contributed by atoms with E-state index in [4.69, 9.17) is 4.74 Å². The average molecular weight is 294 g/mol. The van der Waals surface area contributed by atoms with Gasteiger partial charge >= 0.3 is 0 Å². The molecule has 1 aliphatic rings. The Hall–Kier alpha value is -0.710. The molecule has 1 fully saturated rings. The molecule has 0 amide bonds. The van der Waals surface area contributed by atoms with Crippen LogP contribution >= 0.6 is 11.8 Å². The average Bonchev–Trinajstić information content (AvgIpc) is 3.00. The summed E-state index contributed by atoms with van der Waals surface area (Å²) in [4.78, 5) is 2.43. The van der Waals surface area contributed by atoms with E-state index in [0.717, 1.165) is 38.0 Å². The molecule has 0 bridgehead atoms. The molecular formula is C16H26N2OS. The molecule has 1 saturated heterocycles. The van der Waals surface area contributed by atoms with Crippen LogP contribution < -0.4 is 10.1 Å². The Morgan fingerprint density at radius 1 is 1.35 bits per heavy atom. The maximum absolute atomic E-state index is 5.83. The summed E-state index contributed by atoms with van der Waals surface area (Å²) in [5.74, 6) is 3.55. The van der Waals surface area contributed by atoms with Crippen molar-refractivity contribution in [3.05, 3.63) is 29.8 Å². The maximum atomic E-state index is 5.83. The van der Waals surface area contributed by atoms with Crippen molar-refractivity contribution in [1.82, 2.24) is 10.2 Å². The summed E-state index contributed by atoms with van der Waals surface area (Å²) in [5.41, 5.74) is 1.30. The van der Waals surface area contributed by atoms with Crippen molar-refractivity contribution < 1.29 is 4.74 Å². The van der Waals surface area contributed by atoms with Crippen LogP contribution in [0.1, 0.15) is 18.9 Å². The summed E-state index contributed by atoms with van der Waals surface area (Å²) in [6.45, 7) is 5.83. The smallest absolute Gasteiger partial charge is 0.119 e. The zero-order valence-corrected chi connectivity index (χ0v) is 13.4. The fourth-order valence-electron chi connectivity index (χ4n) is 2.33. The third kappa shape index (κ3) is 5.00. The van der Waals surface area contributed by atoms with E-state index in [1.807, 2.05) is 0 Å². The summed E-state index contributed by atoms with van der Waals surface area (Å²) in [6.07, 6.45) is 1.32. The predicted molar refractivity (Wildman–Crippen MR) is 87.7 cm³/mol. The number of nitrogens with zero attached hydrogens (tertiary/aromatic N) is 1. The highest BCUT2D eigenvalue weighted by Gasteiger charge is 2.19. The topological polar surface area (TPSA) is 24.5 Å². The molecule has 0 aromatic heterocycles. The Bertz CT molecular complexity index is 377. The lowest BCUT2D eigenvalue weighted by Crippen LogP contribution is -2.34. The van der Waals surface area contributed by atoms with Gasteiger partial charge in [-0.25, -0.2) is 0 Å². The largest absolute Gasteiger partial charge is 0.492 e. The highest BCUT2D eigenvalue weighted by Crippen LogP contribution is 2.21. The van der Waals surface area contributed by atoms with Gasteiger partial charge in [-0.15, -0.1) is 0 Å². The van der Waals surface area contributed by atoms with E-state index in [2.05, 4.69) is 60.2 Å². The third-order valence-electron chi connectivity index (χ3n) is 3.74. The first-order chi connectivity index (χ1) is 9.79. The van der Waals surface area contributed by atoms with E-state index in [1.54, 1.807) is 0 Å². The van der Waals surface area contributed by atoms with Gasteiger partial charge in [0.15, 0.2) is 0 Å². The Labute approximate surface area is 127 Å². The van der Waals surface area contributed by atoms with Gasteiger partial charge in [-0.2, -0.15) is 11.8 Å². The van der Waals surface area contributed by atoms with Gasteiger partial charge in [0.25, 0.3) is 0 Å². The van der Waals surface area contributed by atoms with Crippen LogP contribution in [0, 0.1) is 0 Å². The minimum atomic E-state index is 0.742. The molecule has 20 heavy (non-hydrogen) atoms. The molecule has 1 aromatic rings. The minimum absolute atomic E-state index is 0.742. The molecule has 1 atom stereocenters. The standard InChI is InChI=1S/C16H26N2OS/c1-3-17-12-14-4-6-16(7-5-14)19-10-9-18(2)15-8-11-20-13-15/h4-7,15,17H,3,8-13H2,1-2H3. The van der Waals surface area contributed by atoms with Crippen molar-refractivity contribution in [3.63, 3.8) is 0 Å². The van der Waals surface area contributed by atoms with E-state index in [1.165, 1.54) is 23.5 Å². The number of hydrogen-bond donors (Lipinski definition) is 1. The third-order valence-corrected chi connectivity index (χ3v) is 4.89. The van der Waals surface area contributed by atoms with Gasteiger partial charge in [0.1, 0.15) is 12.4 Å². The number of thioether (sulfide) groups is 1. The maximum Gasteiger partial charge on any atom is 0.119 e. The van der Waals surface area contributed by atoms with Crippen molar-refractivity contribution in [2.75, 3.05) is 38.2 Å². The SMILES string of the molecule is CCNCc1ccc(OCCN(C)C2CCSC2)cc1. The molecule has 1 unspecified atom stereocenters. The van der Waals surface area contributed by atoms with Crippen molar-refractivity contribution >= 4 is 11.8 Å².